The van der Waals surface area contributed by atoms with Crippen LogP contribution in [-0.2, 0) is 14.4 Å². The maximum atomic E-state index is 12.1. The number of carbonyl (C=O) groups is 3. The molecule has 96 valence electrons. The summed E-state index contributed by atoms with van der Waals surface area (Å²) >= 11 is 0. The highest BCUT2D eigenvalue weighted by Crippen LogP contribution is 2.13. The fourth-order valence-corrected chi connectivity index (χ4v) is 1.90. The molecule has 3 N–H and O–H groups in total. The normalized spacial score (nSPS) is 19.2. The van der Waals surface area contributed by atoms with Crippen molar-refractivity contribution in [3.05, 3.63) is 0 Å². The molecule has 0 saturated carbocycles. The first kappa shape index (κ1) is 13.5. The first-order chi connectivity index (χ1) is 7.90. The topological polar surface area (TPSA) is 92.5 Å². The number of nitrogens with one attached hydrogen (secondary N) is 1. The van der Waals surface area contributed by atoms with E-state index < -0.39 is 5.91 Å². The van der Waals surface area contributed by atoms with Crippen LogP contribution in [0.15, 0.2) is 0 Å². The van der Waals surface area contributed by atoms with Gasteiger partial charge in [-0.2, -0.15) is 0 Å². The van der Waals surface area contributed by atoms with Crippen molar-refractivity contribution in [2.24, 2.45) is 17.6 Å². The van der Waals surface area contributed by atoms with Gasteiger partial charge in [-0.05, 0) is 5.92 Å². The molecule has 1 rings (SSSR count). The molecule has 0 aliphatic carbocycles. The van der Waals surface area contributed by atoms with Crippen LogP contribution < -0.4 is 11.1 Å². The van der Waals surface area contributed by atoms with E-state index in [1.807, 2.05) is 13.8 Å². The average Bonchev–Trinajstić information content (AvgIpc) is 2.61. The van der Waals surface area contributed by atoms with Gasteiger partial charge in [0.25, 0.3) is 0 Å². The quantitative estimate of drug-likeness (QED) is 0.652. The van der Waals surface area contributed by atoms with E-state index in [1.54, 1.807) is 0 Å². The zero-order valence-electron chi connectivity index (χ0n) is 10.2. The summed E-state index contributed by atoms with van der Waals surface area (Å²) in [6, 6.07) is 0. The number of rotatable bonds is 5. The van der Waals surface area contributed by atoms with Crippen molar-refractivity contribution in [2.45, 2.75) is 20.3 Å². The van der Waals surface area contributed by atoms with Crippen LogP contribution in [0, 0.1) is 11.8 Å². The van der Waals surface area contributed by atoms with E-state index in [0.29, 0.717) is 13.1 Å². The molecule has 0 aromatic heterocycles. The molecule has 0 aromatic rings. The maximum absolute atomic E-state index is 12.1. The summed E-state index contributed by atoms with van der Waals surface area (Å²) in [5.74, 6) is -0.928. The van der Waals surface area contributed by atoms with Gasteiger partial charge < -0.3 is 16.0 Å². The number of primary amides is 1. The Morgan fingerprint density at radius 1 is 1.53 bits per heavy atom. The third-order valence-electron chi connectivity index (χ3n) is 2.57. The van der Waals surface area contributed by atoms with Crippen molar-refractivity contribution >= 4 is 17.7 Å². The number of amides is 3. The Morgan fingerprint density at radius 3 is 2.59 bits per heavy atom. The average molecular weight is 241 g/mol. The van der Waals surface area contributed by atoms with Crippen molar-refractivity contribution in [1.29, 1.82) is 0 Å². The Bertz CT molecular complexity index is 328. The second-order valence-corrected chi connectivity index (χ2v) is 4.78. The third kappa shape index (κ3) is 4.05. The van der Waals surface area contributed by atoms with Gasteiger partial charge >= 0.3 is 0 Å². The lowest BCUT2D eigenvalue weighted by Crippen LogP contribution is -2.44. The van der Waals surface area contributed by atoms with Gasteiger partial charge in [-0.15, -0.1) is 0 Å². The lowest BCUT2D eigenvalue weighted by Gasteiger charge is -2.25. The zero-order chi connectivity index (χ0) is 13.0. The first-order valence-electron chi connectivity index (χ1n) is 5.74. The standard InChI is InChI=1S/C11H19N3O3/c1-7(2)5-14(6-9(12)15)11(17)8-3-10(16)13-4-8/h7-8H,3-6H2,1-2H3,(H2,12,15)(H,13,16). The Kier molecular flexibility index (Phi) is 4.48. The number of nitrogens with two attached hydrogens (primary N) is 1. The van der Waals surface area contributed by atoms with Gasteiger partial charge in [-0.1, -0.05) is 13.8 Å². The molecule has 1 atom stereocenters. The molecular weight excluding hydrogens is 222 g/mol. The second-order valence-electron chi connectivity index (χ2n) is 4.78. The van der Waals surface area contributed by atoms with E-state index in [4.69, 9.17) is 5.73 Å². The minimum Gasteiger partial charge on any atom is -0.368 e. The van der Waals surface area contributed by atoms with E-state index >= 15 is 0 Å². The summed E-state index contributed by atoms with van der Waals surface area (Å²) < 4.78 is 0. The Morgan fingerprint density at radius 2 is 2.18 bits per heavy atom. The molecule has 6 nitrogen and oxygen atoms in total. The molecule has 0 aromatic carbocycles. The molecule has 1 saturated heterocycles. The number of nitrogens with zero attached hydrogens (tertiary/aromatic N) is 1. The molecule has 0 bridgehead atoms. The molecule has 0 radical (unpaired) electrons. The summed E-state index contributed by atoms with van der Waals surface area (Å²) in [6.07, 6.45) is 0.201. The van der Waals surface area contributed by atoms with Gasteiger partial charge in [0.05, 0.1) is 12.5 Å². The molecule has 17 heavy (non-hydrogen) atoms. The Balaban J connectivity index is 2.64. The smallest absolute Gasteiger partial charge is 0.237 e. The van der Waals surface area contributed by atoms with Gasteiger partial charge in [0, 0.05) is 19.5 Å². The summed E-state index contributed by atoms with van der Waals surface area (Å²) in [5, 5.41) is 2.61. The fraction of sp³-hybridized carbons (Fsp3) is 0.727. The van der Waals surface area contributed by atoms with Crippen LogP contribution in [0.5, 0.6) is 0 Å². The minimum atomic E-state index is -0.531. The Hall–Kier alpha value is -1.59. The van der Waals surface area contributed by atoms with E-state index in [2.05, 4.69) is 5.32 Å². The highest BCUT2D eigenvalue weighted by atomic mass is 16.2. The predicted molar refractivity (Wildman–Crippen MR) is 61.7 cm³/mol. The molecule has 6 heteroatoms. The van der Waals surface area contributed by atoms with Gasteiger partial charge in [-0.25, -0.2) is 0 Å². The largest absolute Gasteiger partial charge is 0.368 e. The number of hydrogen-bond acceptors (Lipinski definition) is 3. The molecule has 1 aliphatic heterocycles. The lowest BCUT2D eigenvalue weighted by molar-refractivity contribution is -0.139. The highest BCUT2D eigenvalue weighted by molar-refractivity contribution is 5.91. The van der Waals surface area contributed by atoms with Crippen molar-refractivity contribution in [3.8, 4) is 0 Å². The number of hydrogen-bond donors (Lipinski definition) is 2. The van der Waals surface area contributed by atoms with Gasteiger partial charge in [0.15, 0.2) is 0 Å². The van der Waals surface area contributed by atoms with Crippen LogP contribution in [0.2, 0.25) is 0 Å². The van der Waals surface area contributed by atoms with E-state index in [1.165, 1.54) is 4.90 Å². The van der Waals surface area contributed by atoms with Crippen LogP contribution in [0.25, 0.3) is 0 Å². The van der Waals surface area contributed by atoms with Crippen LogP contribution in [0.4, 0.5) is 0 Å². The van der Waals surface area contributed by atoms with Crippen LogP contribution >= 0.6 is 0 Å². The first-order valence-corrected chi connectivity index (χ1v) is 5.74. The van der Waals surface area contributed by atoms with Crippen molar-refractivity contribution in [2.75, 3.05) is 19.6 Å². The predicted octanol–water partition coefficient (Wildman–Crippen LogP) is -0.908. The zero-order valence-corrected chi connectivity index (χ0v) is 10.2. The molecular formula is C11H19N3O3. The molecule has 1 fully saturated rings. The molecule has 3 amide bonds. The molecule has 1 aliphatic rings. The lowest BCUT2D eigenvalue weighted by atomic mass is 10.1. The van der Waals surface area contributed by atoms with Crippen LogP contribution in [0.1, 0.15) is 20.3 Å². The SMILES string of the molecule is CC(C)CN(CC(N)=O)C(=O)C1CNC(=O)C1. The number of carbonyl (C=O) groups excluding carboxylic acids is 3. The van der Waals surface area contributed by atoms with Crippen LogP contribution in [-0.4, -0.2) is 42.3 Å². The highest BCUT2D eigenvalue weighted by Gasteiger charge is 2.31. The maximum Gasteiger partial charge on any atom is 0.237 e. The molecule has 1 heterocycles. The van der Waals surface area contributed by atoms with E-state index in [-0.39, 0.29) is 36.6 Å². The van der Waals surface area contributed by atoms with Crippen molar-refractivity contribution in [3.63, 3.8) is 0 Å². The van der Waals surface area contributed by atoms with Crippen LogP contribution in [0.3, 0.4) is 0 Å². The Labute approximate surface area is 101 Å². The summed E-state index contributed by atoms with van der Waals surface area (Å²) in [6.45, 7) is 4.66. The molecule has 0 spiro atoms. The second kappa shape index (κ2) is 5.65. The third-order valence-corrected chi connectivity index (χ3v) is 2.57. The van der Waals surface area contributed by atoms with Gasteiger partial charge in [-0.3, -0.25) is 14.4 Å². The van der Waals surface area contributed by atoms with Gasteiger partial charge in [0.2, 0.25) is 17.7 Å². The summed E-state index contributed by atoms with van der Waals surface area (Å²) in [4.78, 5) is 35.5. The summed E-state index contributed by atoms with van der Waals surface area (Å²) in [5.41, 5.74) is 5.12. The van der Waals surface area contributed by atoms with Crippen molar-refractivity contribution in [1.82, 2.24) is 10.2 Å². The summed E-state index contributed by atoms with van der Waals surface area (Å²) in [7, 11) is 0. The van der Waals surface area contributed by atoms with Gasteiger partial charge in [0.1, 0.15) is 0 Å². The fourth-order valence-electron chi connectivity index (χ4n) is 1.90. The van der Waals surface area contributed by atoms with E-state index in [9.17, 15) is 14.4 Å². The van der Waals surface area contributed by atoms with E-state index in [0.717, 1.165) is 0 Å². The monoisotopic (exact) mass is 241 g/mol. The minimum absolute atomic E-state index is 0.0816. The van der Waals surface area contributed by atoms with Crippen molar-refractivity contribution < 1.29 is 14.4 Å². The molecule has 1 unspecified atom stereocenters.